The van der Waals surface area contributed by atoms with Crippen molar-refractivity contribution in [3.8, 4) is 0 Å². The summed E-state index contributed by atoms with van der Waals surface area (Å²) in [6.07, 6.45) is 0. The van der Waals surface area contributed by atoms with Gasteiger partial charge in [0.05, 0.1) is 5.69 Å². The first-order valence-electron chi connectivity index (χ1n) is 7.61. The molecule has 0 atom stereocenters. The molecule has 1 aromatic rings. The minimum Gasteiger partial charge on any atom is -0.346 e. The number of hydrogen-bond donors (Lipinski definition) is 1. The number of nitrogens with zero attached hydrogens (tertiary/aromatic N) is 2. The highest BCUT2D eigenvalue weighted by Gasteiger charge is 2.26. The number of aromatic nitrogens is 1. The first kappa shape index (κ1) is 16.9. The van der Waals surface area contributed by atoms with Gasteiger partial charge in [-0.15, -0.1) is 11.3 Å². The van der Waals surface area contributed by atoms with E-state index in [1.165, 1.54) is 10.6 Å². The van der Waals surface area contributed by atoms with Crippen molar-refractivity contribution < 1.29 is 4.21 Å². The predicted molar refractivity (Wildman–Crippen MR) is 92.9 cm³/mol. The van der Waals surface area contributed by atoms with Crippen LogP contribution in [0.3, 0.4) is 0 Å². The van der Waals surface area contributed by atoms with Crippen molar-refractivity contribution in [3.05, 3.63) is 10.6 Å². The largest absolute Gasteiger partial charge is 0.346 e. The summed E-state index contributed by atoms with van der Waals surface area (Å²) in [4.78, 5) is 8.54. The van der Waals surface area contributed by atoms with Crippen LogP contribution in [0.4, 0.5) is 5.13 Å². The van der Waals surface area contributed by atoms with E-state index in [2.05, 4.69) is 44.8 Å². The molecule has 6 heteroatoms. The Morgan fingerprint density at radius 2 is 1.95 bits per heavy atom. The van der Waals surface area contributed by atoms with Crippen LogP contribution in [0.25, 0.3) is 0 Å². The van der Waals surface area contributed by atoms with Gasteiger partial charge in [0, 0.05) is 58.3 Å². The molecule has 2 rings (SSSR count). The molecule has 1 fully saturated rings. The number of anilines is 1. The van der Waals surface area contributed by atoms with Gasteiger partial charge in [0.1, 0.15) is 0 Å². The minimum absolute atomic E-state index is 0.0569. The lowest BCUT2D eigenvalue weighted by Gasteiger charge is -2.25. The van der Waals surface area contributed by atoms with E-state index < -0.39 is 10.8 Å². The van der Waals surface area contributed by atoms with Crippen LogP contribution in [0.1, 0.15) is 45.2 Å². The van der Waals surface area contributed by atoms with Gasteiger partial charge in [0.2, 0.25) is 0 Å². The summed E-state index contributed by atoms with van der Waals surface area (Å²) < 4.78 is 11.5. The third kappa shape index (κ3) is 4.50. The number of thiazole rings is 1. The zero-order valence-corrected chi connectivity index (χ0v) is 15.4. The van der Waals surface area contributed by atoms with E-state index in [9.17, 15) is 4.21 Å². The lowest BCUT2D eigenvalue weighted by Crippen LogP contribution is -2.37. The molecule has 0 saturated carbocycles. The van der Waals surface area contributed by atoms with Crippen molar-refractivity contribution in [2.24, 2.45) is 0 Å². The molecule has 0 bridgehead atoms. The zero-order valence-electron chi connectivity index (χ0n) is 13.7. The summed E-state index contributed by atoms with van der Waals surface area (Å²) in [5, 5.41) is 4.60. The molecule has 0 unspecified atom stereocenters. The molecule has 1 saturated heterocycles. The fourth-order valence-electron chi connectivity index (χ4n) is 2.31. The lowest BCUT2D eigenvalue weighted by molar-refractivity contribution is 0.545. The fourth-order valence-corrected chi connectivity index (χ4v) is 4.63. The topological polar surface area (TPSA) is 45.2 Å². The van der Waals surface area contributed by atoms with Crippen molar-refractivity contribution >= 4 is 27.3 Å². The Hall–Kier alpha value is -0.460. The average molecular weight is 330 g/mol. The summed E-state index contributed by atoms with van der Waals surface area (Å²) in [5.74, 6) is 1.54. The molecule has 0 spiro atoms. The Labute approximate surface area is 134 Å². The minimum atomic E-state index is -0.637. The molecule has 1 N–H and O–H groups in total. The Morgan fingerprint density at radius 3 is 2.48 bits per heavy atom. The molecular formula is C15H27N3OS2. The number of nitrogens with one attached hydrogen (secondary N) is 1. The summed E-state index contributed by atoms with van der Waals surface area (Å²) in [6.45, 7) is 13.6. The molecule has 4 nitrogen and oxygen atoms in total. The Kier molecular flexibility index (Phi) is 5.43. The van der Waals surface area contributed by atoms with E-state index >= 15 is 0 Å². The quantitative estimate of drug-likeness (QED) is 0.922. The van der Waals surface area contributed by atoms with E-state index in [1.54, 1.807) is 11.3 Å². The highest BCUT2D eigenvalue weighted by Crippen LogP contribution is 2.34. The highest BCUT2D eigenvalue weighted by molar-refractivity contribution is 7.85. The average Bonchev–Trinajstić information content (AvgIpc) is 2.81. The summed E-state index contributed by atoms with van der Waals surface area (Å²) in [5.41, 5.74) is 1.25. The molecule has 120 valence electrons. The maximum Gasteiger partial charge on any atom is 0.185 e. The highest BCUT2D eigenvalue weighted by atomic mass is 32.2. The zero-order chi connectivity index (χ0) is 15.6. The van der Waals surface area contributed by atoms with Crippen molar-refractivity contribution in [3.63, 3.8) is 0 Å². The van der Waals surface area contributed by atoms with Crippen LogP contribution in [-0.4, -0.2) is 39.8 Å². The summed E-state index contributed by atoms with van der Waals surface area (Å²) in [7, 11) is -0.637. The third-order valence-corrected chi connectivity index (χ3v) is 5.91. The van der Waals surface area contributed by atoms with E-state index in [0.29, 0.717) is 6.04 Å². The molecule has 0 amide bonds. The maximum absolute atomic E-state index is 11.5. The van der Waals surface area contributed by atoms with Gasteiger partial charge >= 0.3 is 0 Å². The second kappa shape index (κ2) is 6.75. The van der Waals surface area contributed by atoms with Gasteiger partial charge in [-0.25, -0.2) is 4.98 Å². The molecule has 2 heterocycles. The smallest absolute Gasteiger partial charge is 0.185 e. The van der Waals surface area contributed by atoms with Crippen LogP contribution >= 0.6 is 11.3 Å². The Morgan fingerprint density at radius 1 is 1.33 bits per heavy atom. The van der Waals surface area contributed by atoms with Crippen LogP contribution in [0.5, 0.6) is 0 Å². The van der Waals surface area contributed by atoms with E-state index in [1.807, 2.05) is 0 Å². The SMILES string of the molecule is CC(C)NCc1sc(N2CCS(=O)CC2)nc1C(C)(C)C. The molecule has 1 aromatic heterocycles. The van der Waals surface area contributed by atoms with Crippen molar-refractivity contribution in [1.82, 2.24) is 10.3 Å². The molecule has 1 aliphatic heterocycles. The predicted octanol–water partition coefficient (Wildman–Crippen LogP) is 2.51. The van der Waals surface area contributed by atoms with Gasteiger partial charge in [0.25, 0.3) is 0 Å². The standard InChI is InChI=1S/C15H27N3OS2/c1-11(2)16-10-12-13(15(3,4)5)17-14(20-12)18-6-8-21(19)9-7-18/h11,16H,6-10H2,1-5H3. The van der Waals surface area contributed by atoms with Gasteiger partial charge in [-0.1, -0.05) is 34.6 Å². The summed E-state index contributed by atoms with van der Waals surface area (Å²) in [6, 6.07) is 0.473. The second-order valence-electron chi connectivity index (χ2n) is 6.89. The van der Waals surface area contributed by atoms with E-state index in [0.717, 1.165) is 36.3 Å². The monoisotopic (exact) mass is 329 g/mol. The van der Waals surface area contributed by atoms with E-state index in [4.69, 9.17) is 4.98 Å². The molecule has 1 aliphatic rings. The molecule has 21 heavy (non-hydrogen) atoms. The van der Waals surface area contributed by atoms with Gasteiger partial charge in [0.15, 0.2) is 5.13 Å². The number of hydrogen-bond acceptors (Lipinski definition) is 5. The van der Waals surface area contributed by atoms with Crippen molar-refractivity contribution in [1.29, 1.82) is 0 Å². The van der Waals surface area contributed by atoms with Crippen molar-refractivity contribution in [2.75, 3.05) is 29.5 Å². The van der Waals surface area contributed by atoms with Crippen LogP contribution < -0.4 is 10.2 Å². The molecular weight excluding hydrogens is 302 g/mol. The van der Waals surface area contributed by atoms with Crippen LogP contribution in [0.15, 0.2) is 0 Å². The van der Waals surface area contributed by atoms with E-state index in [-0.39, 0.29) is 5.41 Å². The van der Waals surface area contributed by atoms with Gasteiger partial charge in [-0.3, -0.25) is 4.21 Å². The first-order chi connectivity index (χ1) is 9.77. The Bertz CT molecular complexity index is 496. The van der Waals surface area contributed by atoms with Crippen molar-refractivity contribution in [2.45, 2.75) is 52.6 Å². The Balaban J connectivity index is 2.21. The van der Waals surface area contributed by atoms with Crippen LogP contribution in [-0.2, 0) is 22.8 Å². The van der Waals surface area contributed by atoms with Gasteiger partial charge in [-0.05, 0) is 0 Å². The molecule has 0 aliphatic carbocycles. The van der Waals surface area contributed by atoms with Gasteiger partial charge in [-0.2, -0.15) is 0 Å². The van der Waals surface area contributed by atoms with Crippen LogP contribution in [0, 0.1) is 0 Å². The fraction of sp³-hybridized carbons (Fsp3) is 0.800. The van der Waals surface area contributed by atoms with Crippen LogP contribution in [0.2, 0.25) is 0 Å². The first-order valence-corrected chi connectivity index (χ1v) is 9.91. The van der Waals surface area contributed by atoms with Gasteiger partial charge < -0.3 is 10.2 Å². The lowest BCUT2D eigenvalue weighted by atomic mass is 9.91. The third-order valence-electron chi connectivity index (χ3n) is 3.52. The second-order valence-corrected chi connectivity index (χ2v) is 9.65. The molecule has 0 aromatic carbocycles. The summed E-state index contributed by atoms with van der Waals surface area (Å²) >= 11 is 1.79. The maximum atomic E-state index is 11.5. The normalized spacial score (nSPS) is 17.7. The molecule has 0 radical (unpaired) electrons. The number of rotatable bonds is 4.